The maximum Gasteiger partial charge on any atom is 0.231 e. The fourth-order valence-corrected chi connectivity index (χ4v) is 3.99. The fourth-order valence-electron chi connectivity index (χ4n) is 3.31. The fraction of sp³-hybridized carbons (Fsp3) is 0.294. The van der Waals surface area contributed by atoms with Crippen LogP contribution in [0.4, 0.5) is 0 Å². The summed E-state index contributed by atoms with van der Waals surface area (Å²) in [6.07, 6.45) is 3.62. The van der Waals surface area contributed by atoms with Crippen molar-refractivity contribution in [2.75, 3.05) is 6.61 Å². The highest BCUT2D eigenvalue weighted by atomic mass is 79.9. The van der Waals surface area contributed by atoms with Crippen LogP contribution in [0.3, 0.4) is 0 Å². The van der Waals surface area contributed by atoms with Crippen molar-refractivity contribution in [3.63, 3.8) is 0 Å². The molecule has 2 aliphatic rings. The van der Waals surface area contributed by atoms with Crippen molar-refractivity contribution in [2.24, 2.45) is 0 Å². The molecule has 0 radical (unpaired) electrons. The number of nitrogens with one attached hydrogen (secondary N) is 1. The van der Waals surface area contributed by atoms with Crippen molar-refractivity contribution in [2.45, 2.75) is 24.8 Å². The van der Waals surface area contributed by atoms with Gasteiger partial charge in [0.1, 0.15) is 12.5 Å². The summed E-state index contributed by atoms with van der Waals surface area (Å²) in [5.41, 5.74) is 3.40. The molecule has 5 heteroatoms. The Kier molecular flexibility index (Phi) is 3.37. The smallest absolute Gasteiger partial charge is 0.231 e. The second-order valence-electron chi connectivity index (χ2n) is 5.67. The van der Waals surface area contributed by atoms with E-state index in [4.69, 9.17) is 4.74 Å². The van der Waals surface area contributed by atoms with Gasteiger partial charge >= 0.3 is 0 Å². The molecule has 0 bridgehead atoms. The molecule has 2 atom stereocenters. The highest BCUT2D eigenvalue weighted by Gasteiger charge is 2.34. The summed E-state index contributed by atoms with van der Waals surface area (Å²) in [6, 6.07) is 10.0. The summed E-state index contributed by atoms with van der Waals surface area (Å²) in [6.45, 7) is 0.369. The first-order valence-corrected chi connectivity index (χ1v) is 8.18. The van der Waals surface area contributed by atoms with Gasteiger partial charge in [0.2, 0.25) is 11.8 Å². The molecule has 112 valence electrons. The first-order valence-electron chi connectivity index (χ1n) is 7.39. The van der Waals surface area contributed by atoms with E-state index in [1.165, 1.54) is 11.1 Å². The number of ether oxygens (including phenoxy) is 1. The monoisotopic (exact) mass is 358 g/mol. The molecular formula is C17H15BrN2O2. The molecule has 0 saturated carbocycles. The number of halogens is 1. The lowest BCUT2D eigenvalue weighted by molar-refractivity contribution is -0.123. The first-order chi connectivity index (χ1) is 10.7. The van der Waals surface area contributed by atoms with Crippen molar-refractivity contribution in [3.8, 4) is 5.88 Å². The van der Waals surface area contributed by atoms with E-state index in [1.807, 2.05) is 24.3 Å². The Balaban J connectivity index is 1.56. The summed E-state index contributed by atoms with van der Waals surface area (Å²) < 4.78 is 6.58. The van der Waals surface area contributed by atoms with Crippen LogP contribution in [0.25, 0.3) is 0 Å². The lowest BCUT2D eigenvalue weighted by Gasteiger charge is -2.18. The van der Waals surface area contributed by atoms with E-state index in [0.29, 0.717) is 12.5 Å². The number of carbonyl (C=O) groups excluding carboxylic acids is 1. The summed E-state index contributed by atoms with van der Waals surface area (Å²) in [4.78, 5) is 16.8. The van der Waals surface area contributed by atoms with Crippen molar-refractivity contribution in [3.05, 3.63) is 57.7 Å². The van der Waals surface area contributed by atoms with E-state index in [-0.39, 0.29) is 17.9 Å². The van der Waals surface area contributed by atoms with Gasteiger partial charge in [-0.05, 0) is 36.1 Å². The number of aryl methyl sites for hydroxylation is 1. The molecule has 22 heavy (non-hydrogen) atoms. The van der Waals surface area contributed by atoms with E-state index in [2.05, 4.69) is 32.3 Å². The third-order valence-electron chi connectivity index (χ3n) is 4.39. The second kappa shape index (κ2) is 5.39. The third-order valence-corrected chi connectivity index (χ3v) is 5.08. The molecule has 2 aromatic rings. The molecule has 1 aromatic heterocycles. The summed E-state index contributed by atoms with van der Waals surface area (Å²) >= 11 is 3.60. The minimum atomic E-state index is -0.268. The van der Waals surface area contributed by atoms with E-state index in [9.17, 15) is 4.79 Å². The van der Waals surface area contributed by atoms with Gasteiger partial charge in [0.15, 0.2) is 0 Å². The molecule has 2 heterocycles. The maximum absolute atomic E-state index is 12.7. The molecule has 1 unspecified atom stereocenters. The van der Waals surface area contributed by atoms with Crippen LogP contribution >= 0.6 is 15.9 Å². The maximum atomic E-state index is 12.7. The van der Waals surface area contributed by atoms with Crippen LogP contribution in [0.15, 0.2) is 41.0 Å². The highest BCUT2D eigenvalue weighted by molar-refractivity contribution is 9.10. The van der Waals surface area contributed by atoms with Gasteiger partial charge in [0.05, 0.1) is 6.04 Å². The summed E-state index contributed by atoms with van der Waals surface area (Å²) in [7, 11) is 0. The molecule has 0 spiro atoms. The Labute approximate surface area is 137 Å². The summed E-state index contributed by atoms with van der Waals surface area (Å²) in [5, 5.41) is 3.18. The Morgan fingerprint density at radius 2 is 2.23 bits per heavy atom. The van der Waals surface area contributed by atoms with Gasteiger partial charge in [-0.3, -0.25) is 4.79 Å². The Morgan fingerprint density at radius 3 is 3.14 bits per heavy atom. The van der Waals surface area contributed by atoms with Gasteiger partial charge in [-0.25, -0.2) is 4.98 Å². The number of benzene rings is 1. The van der Waals surface area contributed by atoms with Gasteiger partial charge in [-0.1, -0.05) is 34.1 Å². The number of aromatic nitrogens is 1. The van der Waals surface area contributed by atoms with Gasteiger partial charge < -0.3 is 10.1 Å². The van der Waals surface area contributed by atoms with Crippen molar-refractivity contribution >= 4 is 21.8 Å². The Hall–Kier alpha value is -1.88. The molecule has 1 aromatic carbocycles. The zero-order chi connectivity index (χ0) is 15.1. The van der Waals surface area contributed by atoms with Crippen molar-refractivity contribution in [1.82, 2.24) is 10.3 Å². The molecule has 4 rings (SSSR count). The molecule has 1 amide bonds. The third kappa shape index (κ3) is 2.20. The zero-order valence-electron chi connectivity index (χ0n) is 11.9. The number of rotatable bonds is 2. The largest absolute Gasteiger partial charge is 0.476 e. The number of fused-ring (bicyclic) bond motifs is 2. The van der Waals surface area contributed by atoms with Crippen LogP contribution in [0.1, 0.15) is 35.1 Å². The first kappa shape index (κ1) is 13.8. The van der Waals surface area contributed by atoms with Crippen LogP contribution in [0.2, 0.25) is 0 Å². The average Bonchev–Trinajstić information content (AvgIpc) is 3.12. The zero-order valence-corrected chi connectivity index (χ0v) is 13.5. The lowest BCUT2D eigenvalue weighted by atomic mass is 10.0. The van der Waals surface area contributed by atoms with Crippen LogP contribution in [-0.4, -0.2) is 17.5 Å². The lowest BCUT2D eigenvalue weighted by Crippen LogP contribution is -2.32. The van der Waals surface area contributed by atoms with E-state index in [1.54, 1.807) is 6.20 Å². The Morgan fingerprint density at radius 1 is 1.32 bits per heavy atom. The number of carbonyl (C=O) groups is 1. The molecule has 1 N–H and O–H groups in total. The van der Waals surface area contributed by atoms with E-state index >= 15 is 0 Å². The number of nitrogens with zero attached hydrogens (tertiary/aromatic N) is 1. The number of pyridine rings is 1. The minimum absolute atomic E-state index is 0.0142. The predicted molar refractivity (Wildman–Crippen MR) is 85.8 cm³/mol. The molecule has 4 nitrogen and oxygen atoms in total. The topological polar surface area (TPSA) is 51.2 Å². The number of hydrogen-bond acceptors (Lipinski definition) is 3. The van der Waals surface area contributed by atoms with Gasteiger partial charge in [-0.2, -0.15) is 0 Å². The highest BCUT2D eigenvalue weighted by Crippen LogP contribution is 2.38. The number of hydrogen-bond donors (Lipinski definition) is 1. The number of amides is 1. The molecule has 1 aliphatic heterocycles. The van der Waals surface area contributed by atoms with Crippen molar-refractivity contribution in [1.29, 1.82) is 0 Å². The van der Waals surface area contributed by atoms with E-state index in [0.717, 1.165) is 22.9 Å². The van der Waals surface area contributed by atoms with E-state index < -0.39 is 0 Å². The SMILES string of the molecule is O=C(N[C@@H]1CCc2cccc(Br)c21)C1COc2ncccc21. The predicted octanol–water partition coefficient (Wildman–Crippen LogP) is 3.12. The molecule has 0 fully saturated rings. The van der Waals surface area contributed by atoms with Gasteiger partial charge in [-0.15, -0.1) is 0 Å². The molecular weight excluding hydrogens is 344 g/mol. The minimum Gasteiger partial charge on any atom is -0.476 e. The normalized spacial score (nSPS) is 21.9. The van der Waals surface area contributed by atoms with Gasteiger partial charge in [0, 0.05) is 16.2 Å². The van der Waals surface area contributed by atoms with Crippen LogP contribution < -0.4 is 10.1 Å². The average molecular weight is 359 g/mol. The summed E-state index contributed by atoms with van der Waals surface area (Å²) in [5.74, 6) is 0.325. The van der Waals surface area contributed by atoms with Gasteiger partial charge in [0.25, 0.3) is 0 Å². The van der Waals surface area contributed by atoms with Crippen LogP contribution in [-0.2, 0) is 11.2 Å². The Bertz CT molecular complexity index is 747. The second-order valence-corrected chi connectivity index (χ2v) is 6.53. The van der Waals surface area contributed by atoms with Crippen LogP contribution in [0.5, 0.6) is 5.88 Å². The molecule has 0 saturated heterocycles. The standard InChI is InChI=1S/C17H15BrN2O2/c18-13-5-1-3-10-6-7-14(15(10)13)20-16(21)12-9-22-17-11(12)4-2-8-19-17/h1-5,8,12,14H,6-7,9H2,(H,20,21)/t12?,14-/m1/s1. The molecule has 1 aliphatic carbocycles. The van der Waals surface area contributed by atoms with Crippen molar-refractivity contribution < 1.29 is 9.53 Å². The quantitative estimate of drug-likeness (QED) is 0.897. The van der Waals surface area contributed by atoms with Crippen LogP contribution in [0, 0.1) is 0 Å².